The predicted octanol–water partition coefficient (Wildman–Crippen LogP) is 17.3. The molecule has 4 heteroatoms. The third kappa shape index (κ3) is 6.92. The van der Waals surface area contributed by atoms with Crippen LogP contribution in [0.25, 0.3) is 122 Å². The summed E-state index contributed by atoms with van der Waals surface area (Å²) < 4.78 is 4.58. The van der Waals surface area contributed by atoms with Crippen LogP contribution in [0, 0.1) is 13.8 Å². The van der Waals surface area contributed by atoms with Gasteiger partial charge in [-0.3, -0.25) is 9.13 Å². The number of nitrogens with zero attached hydrogens (tertiary/aromatic N) is 4. The number of fused-ring (bicyclic) bond motifs is 4. The van der Waals surface area contributed by atoms with E-state index in [4.69, 9.17) is 9.97 Å². The molecule has 0 aliphatic rings. The van der Waals surface area contributed by atoms with Crippen molar-refractivity contribution in [3.05, 3.63) is 254 Å². The molecule has 4 nitrogen and oxygen atoms in total. The van der Waals surface area contributed by atoms with Crippen molar-refractivity contribution in [2.45, 2.75) is 13.8 Å². The molecule has 13 aromatic rings. The Morgan fingerprint density at radius 2 is 0.614 bits per heavy atom. The van der Waals surface area contributed by atoms with Crippen molar-refractivity contribution >= 4 is 43.6 Å². The fourth-order valence-electron chi connectivity index (χ4n) is 10.6. The zero-order valence-electron chi connectivity index (χ0n) is 38.9. The summed E-state index contributed by atoms with van der Waals surface area (Å²) in [5, 5.41) is 4.87. The van der Waals surface area contributed by atoms with Crippen molar-refractivity contribution < 1.29 is 0 Å². The number of para-hydroxylation sites is 2. The van der Waals surface area contributed by atoms with Crippen LogP contribution in [0.2, 0.25) is 0 Å². The van der Waals surface area contributed by atoms with E-state index in [1.54, 1.807) is 0 Å². The Balaban J connectivity index is 0.955. The van der Waals surface area contributed by atoms with Gasteiger partial charge in [0.05, 0.1) is 22.1 Å². The average Bonchev–Trinajstić information content (AvgIpc) is 4.02. The van der Waals surface area contributed by atoms with Crippen LogP contribution in [0.3, 0.4) is 0 Å². The highest BCUT2D eigenvalue weighted by Crippen LogP contribution is 2.46. The maximum Gasteiger partial charge on any atom is 0.145 e. The first-order chi connectivity index (χ1) is 34.6. The zero-order chi connectivity index (χ0) is 46.7. The van der Waals surface area contributed by atoms with E-state index in [0.29, 0.717) is 0 Å². The van der Waals surface area contributed by atoms with E-state index >= 15 is 0 Å². The Morgan fingerprint density at radius 1 is 0.271 bits per heavy atom. The first kappa shape index (κ1) is 41.1. The van der Waals surface area contributed by atoms with Gasteiger partial charge in [-0.2, -0.15) is 0 Å². The molecule has 0 aliphatic carbocycles. The molecule has 0 unspecified atom stereocenters. The van der Waals surface area contributed by atoms with E-state index in [1.807, 2.05) is 0 Å². The summed E-state index contributed by atoms with van der Waals surface area (Å²) in [6, 6.07) is 87.7. The Kier molecular flexibility index (Phi) is 9.91. The summed E-state index contributed by atoms with van der Waals surface area (Å²) in [6.45, 7) is 4.27. The maximum atomic E-state index is 5.19. The van der Waals surface area contributed by atoms with Crippen LogP contribution in [-0.4, -0.2) is 19.1 Å². The van der Waals surface area contributed by atoms with Crippen molar-refractivity contribution in [2.24, 2.45) is 0 Å². The molecule has 0 aliphatic heterocycles. The van der Waals surface area contributed by atoms with Gasteiger partial charge in [0.1, 0.15) is 11.6 Å². The zero-order valence-corrected chi connectivity index (χ0v) is 38.9. The minimum atomic E-state index is 0.937. The second kappa shape index (κ2) is 16.9. The first-order valence-electron chi connectivity index (χ1n) is 24.0. The molecule has 70 heavy (non-hydrogen) atoms. The topological polar surface area (TPSA) is 35.6 Å². The van der Waals surface area contributed by atoms with Gasteiger partial charge in [-0.15, -0.1) is 0 Å². The summed E-state index contributed by atoms with van der Waals surface area (Å²) >= 11 is 0. The molecule has 0 spiro atoms. The smallest absolute Gasteiger partial charge is 0.145 e. The lowest BCUT2D eigenvalue weighted by Crippen LogP contribution is -1.97. The average molecular weight is 895 g/mol. The highest BCUT2D eigenvalue weighted by molar-refractivity contribution is 6.22. The summed E-state index contributed by atoms with van der Waals surface area (Å²) in [5.74, 6) is 1.87. The fraction of sp³-hybridized carbons (Fsp3) is 0.0303. The molecule has 0 N–H and O–H groups in total. The van der Waals surface area contributed by atoms with Crippen LogP contribution < -0.4 is 0 Å². The first-order valence-corrected chi connectivity index (χ1v) is 24.0. The van der Waals surface area contributed by atoms with Crippen LogP contribution in [0.5, 0.6) is 0 Å². The van der Waals surface area contributed by atoms with Crippen molar-refractivity contribution in [1.82, 2.24) is 19.1 Å². The van der Waals surface area contributed by atoms with Gasteiger partial charge in [0.25, 0.3) is 0 Å². The third-order valence-electron chi connectivity index (χ3n) is 14.0. The van der Waals surface area contributed by atoms with Gasteiger partial charge in [0.2, 0.25) is 0 Å². The van der Waals surface area contributed by atoms with Crippen LogP contribution in [0.15, 0.2) is 243 Å². The minimum Gasteiger partial charge on any atom is -0.292 e. The highest BCUT2D eigenvalue weighted by atomic mass is 15.1. The van der Waals surface area contributed by atoms with Crippen molar-refractivity contribution in [2.75, 3.05) is 0 Å². The fourth-order valence-corrected chi connectivity index (χ4v) is 10.6. The number of aryl methyl sites for hydroxylation is 2. The highest BCUT2D eigenvalue weighted by Gasteiger charge is 2.21. The Morgan fingerprint density at radius 3 is 0.986 bits per heavy atom. The molecule has 0 radical (unpaired) electrons. The summed E-state index contributed by atoms with van der Waals surface area (Å²) in [4.78, 5) is 10.4. The van der Waals surface area contributed by atoms with Crippen LogP contribution in [-0.2, 0) is 0 Å². The third-order valence-corrected chi connectivity index (χ3v) is 14.0. The minimum absolute atomic E-state index is 0.937. The number of rotatable bonds is 8. The summed E-state index contributed by atoms with van der Waals surface area (Å²) in [6.07, 6.45) is 0. The van der Waals surface area contributed by atoms with Crippen molar-refractivity contribution in [3.63, 3.8) is 0 Å². The Labute approximate surface area is 407 Å². The van der Waals surface area contributed by atoms with E-state index in [-0.39, 0.29) is 0 Å². The van der Waals surface area contributed by atoms with E-state index in [9.17, 15) is 0 Å². The molecule has 13 rings (SSSR count). The SMILES string of the molecule is Cc1cccc2c1nc(-c1ccccc1)n2-c1ccc(-c2ccc3c(-c4ccccc4)c4cc(-c5ccc(-n6c(-c7ccccc7)nc7c(C)cccc76)cc5)ccc4c(-c4ccccc4)c3c2)cc1. The van der Waals surface area contributed by atoms with E-state index in [0.717, 1.165) is 89.6 Å². The van der Waals surface area contributed by atoms with Gasteiger partial charge in [-0.1, -0.05) is 194 Å². The quantitative estimate of drug-likeness (QED) is 0.143. The van der Waals surface area contributed by atoms with Crippen molar-refractivity contribution in [1.29, 1.82) is 0 Å². The molecule has 0 amide bonds. The summed E-state index contributed by atoms with van der Waals surface area (Å²) in [5.41, 5.74) is 20.4. The molecule has 0 saturated carbocycles. The lowest BCUT2D eigenvalue weighted by Gasteiger charge is -2.20. The molecule has 11 aromatic carbocycles. The molecular formula is C66H46N4. The summed E-state index contributed by atoms with van der Waals surface area (Å²) in [7, 11) is 0. The Hall–Kier alpha value is -9.12. The molecular weight excluding hydrogens is 849 g/mol. The molecule has 2 heterocycles. The van der Waals surface area contributed by atoms with Gasteiger partial charge in [0.15, 0.2) is 0 Å². The Bertz CT molecular complexity index is 3810. The molecule has 330 valence electrons. The second-order valence-corrected chi connectivity index (χ2v) is 18.3. The maximum absolute atomic E-state index is 5.19. The molecule has 0 fully saturated rings. The monoisotopic (exact) mass is 894 g/mol. The van der Waals surface area contributed by atoms with Crippen molar-refractivity contribution in [3.8, 4) is 78.7 Å². The van der Waals surface area contributed by atoms with Gasteiger partial charge >= 0.3 is 0 Å². The lowest BCUT2D eigenvalue weighted by molar-refractivity contribution is 1.10. The number of benzene rings is 11. The van der Waals surface area contributed by atoms with Crippen LogP contribution in [0.4, 0.5) is 0 Å². The number of hydrogen-bond donors (Lipinski definition) is 0. The number of aromatic nitrogens is 4. The van der Waals surface area contributed by atoms with E-state index < -0.39 is 0 Å². The van der Waals surface area contributed by atoms with Gasteiger partial charge in [-0.05, 0) is 140 Å². The van der Waals surface area contributed by atoms with Gasteiger partial charge in [0, 0.05) is 22.5 Å². The van der Waals surface area contributed by atoms with Crippen LogP contribution >= 0.6 is 0 Å². The number of imidazole rings is 2. The molecule has 0 atom stereocenters. The lowest BCUT2D eigenvalue weighted by atomic mass is 9.84. The number of hydrogen-bond acceptors (Lipinski definition) is 2. The molecule has 0 saturated heterocycles. The predicted molar refractivity (Wildman–Crippen MR) is 293 cm³/mol. The largest absolute Gasteiger partial charge is 0.292 e. The second-order valence-electron chi connectivity index (χ2n) is 18.3. The van der Waals surface area contributed by atoms with Gasteiger partial charge < -0.3 is 0 Å². The van der Waals surface area contributed by atoms with E-state index in [1.165, 1.54) is 43.8 Å². The molecule has 0 bridgehead atoms. The normalized spacial score (nSPS) is 11.6. The van der Waals surface area contributed by atoms with Gasteiger partial charge in [-0.25, -0.2) is 9.97 Å². The molecule has 2 aromatic heterocycles. The van der Waals surface area contributed by atoms with Crippen LogP contribution in [0.1, 0.15) is 11.1 Å². The standard InChI is InChI=1S/C66H46N4/c1-43-17-15-27-59-63(43)67-65(49-23-11-5-12-24-49)69(59)53-35-29-45(30-36-53)51-33-39-55-57(41-51)61(47-19-7-3-8-20-47)56-40-34-52(42-58(56)62(55)48-21-9-4-10-22-48)46-31-37-54(38-32-46)70-60-28-16-18-44(2)64(60)68-66(70)50-25-13-6-14-26-50/h3-42H,1-2H3. The van der Waals surface area contributed by atoms with E-state index in [2.05, 4.69) is 266 Å².